The molecule has 2 atom stereocenters. The molecule has 0 radical (unpaired) electrons. The van der Waals surface area contributed by atoms with E-state index in [-0.39, 0.29) is 64.0 Å². The van der Waals surface area contributed by atoms with E-state index in [1.165, 1.54) is 31.4 Å². The summed E-state index contributed by atoms with van der Waals surface area (Å²) >= 11 is 0. The number of rotatable bonds is 10. The molecule has 1 heterocycles. The molecular weight excluding hydrogens is 637 g/mol. The third kappa shape index (κ3) is 6.35. The molecule has 3 aliphatic rings. The Bertz CT molecular complexity index is 1910. The van der Waals surface area contributed by atoms with Gasteiger partial charge < -0.3 is 18.7 Å². The molecule has 3 aliphatic carbocycles. The van der Waals surface area contributed by atoms with Crippen LogP contribution in [0.2, 0.25) is 0 Å². The Morgan fingerprint density at radius 3 is 2.36 bits per heavy atom. The van der Waals surface area contributed by atoms with Crippen LogP contribution in [0.5, 0.6) is 5.75 Å². The maximum Gasteiger partial charge on any atom is 0.573 e. The topological polar surface area (TPSA) is 117 Å². The number of carbonyl (C=O) groups is 1. The van der Waals surface area contributed by atoms with E-state index >= 15 is 0 Å². The van der Waals surface area contributed by atoms with Crippen molar-refractivity contribution in [2.75, 3.05) is 7.11 Å². The fraction of sp³-hybridized carbons (Fsp3) is 0.412. The number of aromatic nitrogens is 1. The molecule has 0 amide bonds. The van der Waals surface area contributed by atoms with Gasteiger partial charge in [-0.05, 0) is 80.0 Å². The molecule has 1 aromatic heterocycles. The molecule has 2 bridgehead atoms. The first-order chi connectivity index (χ1) is 22.5. The van der Waals surface area contributed by atoms with E-state index < -0.39 is 22.4 Å². The second-order valence-electron chi connectivity index (χ2n) is 12.5. The highest BCUT2D eigenvalue weighted by atomic mass is 32.2. The highest BCUT2D eigenvalue weighted by Crippen LogP contribution is 2.47. The predicted molar refractivity (Wildman–Crippen MR) is 164 cm³/mol. The Kier molecular flexibility index (Phi) is 8.25. The van der Waals surface area contributed by atoms with Crippen LogP contribution in [-0.4, -0.2) is 45.2 Å². The van der Waals surface area contributed by atoms with Crippen LogP contribution < -0.4 is 9.46 Å². The summed E-state index contributed by atoms with van der Waals surface area (Å²) in [5.74, 6) is -0.0626. The van der Waals surface area contributed by atoms with E-state index in [0.29, 0.717) is 34.9 Å². The van der Waals surface area contributed by atoms with Crippen molar-refractivity contribution in [3.8, 4) is 17.0 Å². The zero-order valence-electron chi connectivity index (χ0n) is 25.5. The van der Waals surface area contributed by atoms with E-state index in [1.807, 2.05) is 0 Å². The molecule has 0 aliphatic heterocycles. The number of nitrogens with zero attached hydrogens (tertiary/aromatic N) is 1. The van der Waals surface area contributed by atoms with Gasteiger partial charge in [0.05, 0.1) is 30.3 Å². The summed E-state index contributed by atoms with van der Waals surface area (Å²) < 4.78 is 91.3. The lowest BCUT2D eigenvalue weighted by molar-refractivity contribution is -0.274. The lowest BCUT2D eigenvalue weighted by atomic mass is 9.83. The Balaban J connectivity index is 1.08. The van der Waals surface area contributed by atoms with Crippen LogP contribution in [0.25, 0.3) is 22.0 Å². The minimum atomic E-state index is -4.87. The largest absolute Gasteiger partial charge is 0.573 e. The van der Waals surface area contributed by atoms with Gasteiger partial charge in [0.25, 0.3) is 0 Å². The number of halogens is 3. The van der Waals surface area contributed by atoms with Crippen molar-refractivity contribution >= 4 is 26.8 Å². The number of ether oxygens (including phenoxy) is 3. The van der Waals surface area contributed by atoms with Crippen molar-refractivity contribution in [2.45, 2.75) is 74.5 Å². The van der Waals surface area contributed by atoms with Crippen LogP contribution in [0.1, 0.15) is 66.1 Å². The van der Waals surface area contributed by atoms with Crippen LogP contribution in [-0.2, 0) is 26.1 Å². The normalized spacial score (nSPS) is 22.8. The molecule has 3 aromatic carbocycles. The van der Waals surface area contributed by atoms with E-state index in [9.17, 15) is 26.4 Å². The van der Waals surface area contributed by atoms with Crippen molar-refractivity contribution < 1.29 is 45.1 Å². The maximum absolute atomic E-state index is 13.8. The number of fused-ring (bicyclic) bond motifs is 3. The lowest BCUT2D eigenvalue weighted by Gasteiger charge is -2.35. The molecule has 248 valence electrons. The second-order valence-corrected chi connectivity index (χ2v) is 14.2. The summed E-state index contributed by atoms with van der Waals surface area (Å²) in [6.07, 6.45) is -0.310. The van der Waals surface area contributed by atoms with Gasteiger partial charge in [-0.2, -0.15) is 0 Å². The van der Waals surface area contributed by atoms with Gasteiger partial charge in [-0.15, -0.1) is 13.2 Å². The Hall–Kier alpha value is -3.94. The summed E-state index contributed by atoms with van der Waals surface area (Å²) in [7, 11) is -2.66. The molecule has 0 saturated heterocycles. The van der Waals surface area contributed by atoms with E-state index in [2.05, 4.69) is 14.6 Å². The number of hydrogen-bond acceptors (Lipinski definition) is 8. The van der Waals surface area contributed by atoms with Crippen LogP contribution in [0, 0.1) is 11.8 Å². The number of methoxy groups -OCH3 is 1. The van der Waals surface area contributed by atoms with Crippen molar-refractivity contribution in [1.29, 1.82) is 0 Å². The zero-order chi connectivity index (χ0) is 32.9. The summed E-state index contributed by atoms with van der Waals surface area (Å²) in [5.41, 5.74) is 1.34. The predicted octanol–water partition coefficient (Wildman–Crippen LogP) is 7.11. The highest BCUT2D eigenvalue weighted by Gasteiger charge is 2.45. The van der Waals surface area contributed by atoms with Gasteiger partial charge in [0, 0.05) is 28.5 Å². The quantitative estimate of drug-likeness (QED) is 0.178. The summed E-state index contributed by atoms with van der Waals surface area (Å²) in [6, 6.07) is 15.3. The van der Waals surface area contributed by atoms with Crippen LogP contribution in [0.4, 0.5) is 13.2 Å². The molecule has 0 spiro atoms. The average Bonchev–Trinajstić information content (AvgIpc) is 3.76. The molecule has 2 unspecified atom stereocenters. The Labute approximate surface area is 269 Å². The van der Waals surface area contributed by atoms with E-state index in [4.69, 9.17) is 14.0 Å². The van der Waals surface area contributed by atoms with Crippen LogP contribution >= 0.6 is 0 Å². The van der Waals surface area contributed by atoms with E-state index in [1.54, 1.807) is 36.4 Å². The monoisotopic (exact) mass is 670 g/mol. The number of esters is 1. The van der Waals surface area contributed by atoms with Crippen molar-refractivity contribution in [3.05, 3.63) is 77.6 Å². The molecule has 7 rings (SSSR count). The second kappa shape index (κ2) is 12.3. The molecule has 3 fully saturated rings. The molecule has 9 nitrogen and oxygen atoms in total. The maximum atomic E-state index is 13.8. The lowest BCUT2D eigenvalue weighted by Crippen LogP contribution is -2.46. The van der Waals surface area contributed by atoms with Gasteiger partial charge in [-0.1, -0.05) is 41.6 Å². The summed E-state index contributed by atoms with van der Waals surface area (Å²) in [5, 5.41) is 5.09. The van der Waals surface area contributed by atoms with Gasteiger partial charge in [0.2, 0.25) is 10.0 Å². The fourth-order valence-corrected chi connectivity index (χ4v) is 8.86. The van der Waals surface area contributed by atoms with Gasteiger partial charge in [0.1, 0.15) is 17.2 Å². The summed E-state index contributed by atoms with van der Waals surface area (Å²) in [6.45, 7) is 0.101. The molecule has 1 N–H and O–H groups in total. The van der Waals surface area contributed by atoms with Crippen LogP contribution in [0.15, 0.2) is 70.1 Å². The number of benzene rings is 3. The first kappa shape index (κ1) is 31.6. The Morgan fingerprint density at radius 1 is 0.957 bits per heavy atom. The van der Waals surface area contributed by atoms with Gasteiger partial charge >= 0.3 is 12.3 Å². The first-order valence-electron chi connectivity index (χ1n) is 15.6. The van der Waals surface area contributed by atoms with Crippen molar-refractivity contribution in [2.24, 2.45) is 11.8 Å². The van der Waals surface area contributed by atoms with Gasteiger partial charge in [0.15, 0.2) is 0 Å². The third-order valence-corrected chi connectivity index (χ3v) is 11.0. The minimum absolute atomic E-state index is 0.0416. The highest BCUT2D eigenvalue weighted by molar-refractivity contribution is 7.89. The number of para-hydroxylation sites is 1. The summed E-state index contributed by atoms with van der Waals surface area (Å²) in [4.78, 5) is 12.4. The molecular formula is C34H33F3N2O7S. The SMILES string of the molecule is COC(=O)c1cccc2c(S(=O)(=O)NC3C4CCC3CC(OCc3c(-c5ccccc5OC(F)(F)F)noc3C3CC3)C4)cccc12. The number of nitrogens with one attached hydrogen (secondary N) is 1. The number of hydrogen-bond donors (Lipinski definition) is 1. The zero-order valence-corrected chi connectivity index (χ0v) is 26.3. The molecule has 3 saturated carbocycles. The number of carbonyl (C=O) groups excluding carboxylic acids is 1. The van der Waals surface area contributed by atoms with Crippen LogP contribution in [0.3, 0.4) is 0 Å². The van der Waals surface area contributed by atoms with Crippen molar-refractivity contribution in [3.63, 3.8) is 0 Å². The van der Waals surface area contributed by atoms with Gasteiger partial charge in [-0.3, -0.25) is 0 Å². The first-order valence-corrected chi connectivity index (χ1v) is 17.1. The fourth-order valence-electron chi connectivity index (χ4n) is 7.26. The minimum Gasteiger partial charge on any atom is -0.465 e. The molecule has 4 aromatic rings. The van der Waals surface area contributed by atoms with E-state index in [0.717, 1.165) is 25.7 Å². The third-order valence-electron chi connectivity index (χ3n) is 9.52. The smallest absolute Gasteiger partial charge is 0.465 e. The van der Waals surface area contributed by atoms with Crippen molar-refractivity contribution in [1.82, 2.24) is 9.88 Å². The Morgan fingerprint density at radius 2 is 1.66 bits per heavy atom. The number of sulfonamides is 1. The molecule has 13 heteroatoms. The van der Waals surface area contributed by atoms with Gasteiger partial charge in [-0.25, -0.2) is 17.9 Å². The molecule has 47 heavy (non-hydrogen) atoms. The average molecular weight is 671 g/mol. The number of alkyl halides is 3. The standard InChI is InChI=1S/C34H33F3N2O7S/c1-43-33(40)25-9-4-8-24-23(25)7-5-11-29(24)47(41,42)39-30-20-14-15-21(30)17-22(16-20)44-18-27-31(38-46-32(27)19-12-13-19)26-6-2-3-10-28(26)45-34(35,36)37/h2-11,19-22,30,39H,12-18H2,1H3.